The quantitative estimate of drug-likeness (QED) is 0.724. The molecule has 1 rings (SSSR count). The molecule has 0 bridgehead atoms. The lowest BCUT2D eigenvalue weighted by atomic mass is 9.82. The van der Waals surface area contributed by atoms with E-state index < -0.39 is 5.41 Å². The van der Waals surface area contributed by atoms with E-state index in [1.54, 1.807) is 18.2 Å². The third-order valence-corrected chi connectivity index (χ3v) is 2.81. The lowest BCUT2D eigenvalue weighted by Crippen LogP contribution is -2.32. The Labute approximate surface area is 95.7 Å². The zero-order valence-electron chi connectivity index (χ0n) is 9.90. The first-order valence-corrected chi connectivity index (χ1v) is 5.15. The van der Waals surface area contributed by atoms with E-state index in [2.05, 4.69) is 0 Å². The Hall–Kier alpha value is -1.26. The Morgan fingerprint density at radius 2 is 2.06 bits per heavy atom. The number of nitrogens with two attached hydrogens (primary N) is 1. The van der Waals surface area contributed by atoms with E-state index in [0.717, 1.165) is 5.56 Å². The largest absolute Gasteiger partial charge is 0.504 e. The number of hydrogen-bond acceptors (Lipinski definition) is 4. The molecule has 0 unspecified atom stereocenters. The number of methoxy groups -OCH3 is 1. The van der Waals surface area contributed by atoms with Crippen LogP contribution in [0.25, 0.3) is 0 Å². The molecule has 0 saturated carbocycles. The number of aliphatic hydroxyl groups is 1. The monoisotopic (exact) mass is 225 g/mol. The minimum absolute atomic E-state index is 0.0129. The highest BCUT2D eigenvalue weighted by atomic mass is 16.5. The molecule has 0 amide bonds. The van der Waals surface area contributed by atoms with Gasteiger partial charge in [-0.05, 0) is 17.7 Å². The molecule has 16 heavy (non-hydrogen) atoms. The van der Waals surface area contributed by atoms with Crippen LogP contribution in [-0.2, 0) is 0 Å². The van der Waals surface area contributed by atoms with Gasteiger partial charge in [0, 0.05) is 18.1 Å². The van der Waals surface area contributed by atoms with Crippen molar-refractivity contribution in [3.63, 3.8) is 0 Å². The Morgan fingerprint density at radius 3 is 2.50 bits per heavy atom. The molecule has 1 aromatic carbocycles. The van der Waals surface area contributed by atoms with Crippen molar-refractivity contribution >= 4 is 0 Å². The molecule has 1 aromatic rings. The first-order chi connectivity index (χ1) is 7.42. The molecule has 4 nitrogen and oxygen atoms in total. The van der Waals surface area contributed by atoms with Gasteiger partial charge in [0.15, 0.2) is 11.5 Å². The van der Waals surface area contributed by atoms with Gasteiger partial charge in [-0.2, -0.15) is 0 Å². The van der Waals surface area contributed by atoms with Crippen LogP contribution in [0.1, 0.15) is 25.5 Å². The van der Waals surface area contributed by atoms with Crippen LogP contribution in [0.15, 0.2) is 18.2 Å². The second kappa shape index (κ2) is 4.72. The number of phenolic OH excluding ortho intramolecular Hbond substituents is 1. The van der Waals surface area contributed by atoms with E-state index in [4.69, 9.17) is 10.5 Å². The van der Waals surface area contributed by atoms with E-state index in [0.29, 0.717) is 5.75 Å². The summed E-state index contributed by atoms with van der Waals surface area (Å²) in [4.78, 5) is 0. The van der Waals surface area contributed by atoms with Crippen LogP contribution < -0.4 is 10.5 Å². The Balaban J connectivity index is 3.02. The van der Waals surface area contributed by atoms with Gasteiger partial charge in [-0.3, -0.25) is 0 Å². The average Bonchev–Trinajstić information content (AvgIpc) is 2.27. The van der Waals surface area contributed by atoms with Gasteiger partial charge >= 0.3 is 0 Å². The van der Waals surface area contributed by atoms with E-state index in [1.165, 1.54) is 7.11 Å². The molecule has 0 aliphatic heterocycles. The van der Waals surface area contributed by atoms with Gasteiger partial charge in [-0.1, -0.05) is 19.9 Å². The fourth-order valence-corrected chi connectivity index (χ4v) is 1.45. The topological polar surface area (TPSA) is 75.7 Å². The predicted molar refractivity (Wildman–Crippen MR) is 62.5 cm³/mol. The van der Waals surface area contributed by atoms with Crippen molar-refractivity contribution in [1.82, 2.24) is 0 Å². The number of rotatable bonds is 4. The van der Waals surface area contributed by atoms with Gasteiger partial charge < -0.3 is 20.7 Å². The minimum Gasteiger partial charge on any atom is -0.504 e. The van der Waals surface area contributed by atoms with Crippen LogP contribution in [0.5, 0.6) is 11.5 Å². The summed E-state index contributed by atoms with van der Waals surface area (Å²) in [6.45, 7) is 3.73. The van der Waals surface area contributed by atoms with Crippen molar-refractivity contribution < 1.29 is 14.9 Å². The SMILES string of the molecule is COc1ccc([C@H](N)C(C)(C)CO)cc1O. The van der Waals surface area contributed by atoms with Crippen LogP contribution in [0.4, 0.5) is 0 Å². The summed E-state index contributed by atoms with van der Waals surface area (Å²) in [6.07, 6.45) is 0. The normalized spacial score (nSPS) is 13.6. The van der Waals surface area contributed by atoms with E-state index in [-0.39, 0.29) is 18.4 Å². The second-order valence-corrected chi connectivity index (χ2v) is 4.56. The molecule has 4 N–H and O–H groups in total. The summed E-state index contributed by atoms with van der Waals surface area (Å²) in [6, 6.07) is 4.69. The van der Waals surface area contributed by atoms with Crippen molar-refractivity contribution in [2.45, 2.75) is 19.9 Å². The molecule has 0 saturated heterocycles. The number of hydrogen-bond donors (Lipinski definition) is 3. The van der Waals surface area contributed by atoms with Gasteiger partial charge in [0.1, 0.15) is 0 Å². The van der Waals surface area contributed by atoms with Crippen LogP contribution in [0.3, 0.4) is 0 Å². The molecule has 0 aromatic heterocycles. The van der Waals surface area contributed by atoms with Gasteiger partial charge in [-0.15, -0.1) is 0 Å². The minimum atomic E-state index is -0.430. The zero-order chi connectivity index (χ0) is 12.3. The van der Waals surface area contributed by atoms with E-state index in [1.807, 2.05) is 13.8 Å². The van der Waals surface area contributed by atoms with Gasteiger partial charge in [0.05, 0.1) is 7.11 Å². The van der Waals surface area contributed by atoms with Crippen molar-refractivity contribution in [2.24, 2.45) is 11.1 Å². The predicted octanol–water partition coefficient (Wildman–Crippen LogP) is 1.42. The molecule has 90 valence electrons. The van der Waals surface area contributed by atoms with Crippen molar-refractivity contribution in [1.29, 1.82) is 0 Å². The average molecular weight is 225 g/mol. The number of phenols is 1. The van der Waals surface area contributed by atoms with Crippen LogP contribution in [-0.4, -0.2) is 23.9 Å². The third-order valence-electron chi connectivity index (χ3n) is 2.81. The Bertz CT molecular complexity index is 363. The highest BCUT2D eigenvalue weighted by molar-refractivity contribution is 5.42. The summed E-state index contributed by atoms with van der Waals surface area (Å²) in [5.74, 6) is 0.474. The van der Waals surface area contributed by atoms with E-state index in [9.17, 15) is 10.2 Å². The molecule has 0 spiro atoms. The standard InChI is InChI=1S/C12H19NO3/c1-12(2,7-14)11(13)8-4-5-10(16-3)9(15)6-8/h4-6,11,14-15H,7,13H2,1-3H3/t11-/m0/s1. The highest BCUT2D eigenvalue weighted by Crippen LogP contribution is 2.35. The summed E-state index contributed by atoms with van der Waals surface area (Å²) in [5, 5.41) is 18.9. The first kappa shape index (κ1) is 12.8. The van der Waals surface area contributed by atoms with E-state index >= 15 is 0 Å². The fraction of sp³-hybridized carbons (Fsp3) is 0.500. The fourth-order valence-electron chi connectivity index (χ4n) is 1.45. The molecule has 4 heteroatoms. The summed E-state index contributed by atoms with van der Waals surface area (Å²) in [5.41, 5.74) is 6.38. The summed E-state index contributed by atoms with van der Waals surface area (Å²) in [7, 11) is 1.49. The molecule has 0 radical (unpaired) electrons. The van der Waals surface area contributed by atoms with Crippen molar-refractivity contribution in [3.05, 3.63) is 23.8 Å². The maximum atomic E-state index is 9.64. The molecule has 0 aliphatic carbocycles. The second-order valence-electron chi connectivity index (χ2n) is 4.56. The molecule has 0 fully saturated rings. The Morgan fingerprint density at radius 1 is 1.44 bits per heavy atom. The zero-order valence-corrected chi connectivity index (χ0v) is 9.90. The van der Waals surface area contributed by atoms with Crippen molar-refractivity contribution in [2.75, 3.05) is 13.7 Å². The van der Waals surface area contributed by atoms with Gasteiger partial charge in [0.2, 0.25) is 0 Å². The summed E-state index contributed by atoms with van der Waals surface area (Å²) >= 11 is 0. The van der Waals surface area contributed by atoms with Crippen LogP contribution >= 0.6 is 0 Å². The number of aliphatic hydroxyl groups excluding tert-OH is 1. The number of aromatic hydroxyl groups is 1. The smallest absolute Gasteiger partial charge is 0.160 e. The molecular weight excluding hydrogens is 206 g/mol. The lowest BCUT2D eigenvalue weighted by molar-refractivity contribution is 0.132. The van der Waals surface area contributed by atoms with Crippen molar-refractivity contribution in [3.8, 4) is 11.5 Å². The Kier molecular flexibility index (Phi) is 3.78. The number of ether oxygens (including phenoxy) is 1. The van der Waals surface area contributed by atoms with Gasteiger partial charge in [0.25, 0.3) is 0 Å². The highest BCUT2D eigenvalue weighted by Gasteiger charge is 2.27. The molecule has 0 aliphatic rings. The third kappa shape index (κ3) is 2.46. The maximum absolute atomic E-state index is 9.64. The van der Waals surface area contributed by atoms with Crippen LogP contribution in [0.2, 0.25) is 0 Å². The summed E-state index contributed by atoms with van der Waals surface area (Å²) < 4.78 is 4.95. The number of benzene rings is 1. The lowest BCUT2D eigenvalue weighted by Gasteiger charge is -2.29. The molecular formula is C12H19NO3. The maximum Gasteiger partial charge on any atom is 0.160 e. The van der Waals surface area contributed by atoms with Gasteiger partial charge in [-0.25, -0.2) is 0 Å². The van der Waals surface area contributed by atoms with Crippen LogP contribution in [0, 0.1) is 5.41 Å². The molecule has 0 heterocycles. The first-order valence-electron chi connectivity index (χ1n) is 5.15. The molecule has 1 atom stereocenters.